The third-order valence-electron chi connectivity index (χ3n) is 4.26. The Morgan fingerprint density at radius 3 is 2.38 bits per heavy atom. The molecule has 0 saturated carbocycles. The van der Waals surface area contributed by atoms with Gasteiger partial charge in [-0.1, -0.05) is 27.2 Å². The minimum absolute atomic E-state index is 0. The lowest BCUT2D eigenvalue weighted by Crippen LogP contribution is -2.46. The molecule has 0 aromatic heterocycles. The zero-order valence-electron chi connectivity index (χ0n) is 16.1. The first kappa shape index (κ1) is 23.5. The molecule has 1 N–H and O–H groups in total. The molecule has 1 rings (SSSR count). The van der Waals surface area contributed by atoms with Gasteiger partial charge in [0.25, 0.3) is 0 Å². The van der Waals surface area contributed by atoms with Crippen LogP contribution in [0.3, 0.4) is 0 Å². The molecular formula is C18H36IN3O2. The van der Waals surface area contributed by atoms with Crippen molar-refractivity contribution < 1.29 is 9.53 Å². The van der Waals surface area contributed by atoms with Gasteiger partial charge in [0, 0.05) is 26.2 Å². The lowest BCUT2D eigenvalue weighted by Gasteiger charge is -2.33. The van der Waals surface area contributed by atoms with Crippen molar-refractivity contribution >= 4 is 35.9 Å². The van der Waals surface area contributed by atoms with Crippen LogP contribution in [0, 0.1) is 11.3 Å². The van der Waals surface area contributed by atoms with Crippen LogP contribution in [0.25, 0.3) is 0 Å². The van der Waals surface area contributed by atoms with Crippen LogP contribution in [-0.4, -0.2) is 50.1 Å². The number of nitrogens with zero attached hydrogens (tertiary/aromatic N) is 2. The lowest BCUT2D eigenvalue weighted by atomic mass is 9.90. The smallest absolute Gasteiger partial charge is 0.308 e. The van der Waals surface area contributed by atoms with E-state index in [0.717, 1.165) is 51.4 Å². The third-order valence-corrected chi connectivity index (χ3v) is 4.26. The third kappa shape index (κ3) is 9.08. The molecule has 0 bridgehead atoms. The summed E-state index contributed by atoms with van der Waals surface area (Å²) in [5, 5.41) is 3.38. The van der Waals surface area contributed by atoms with E-state index in [1.54, 1.807) is 0 Å². The number of hydrogen-bond donors (Lipinski definition) is 1. The summed E-state index contributed by atoms with van der Waals surface area (Å²) in [6.07, 6.45) is 5.29. The molecule has 0 radical (unpaired) electrons. The fourth-order valence-corrected chi connectivity index (χ4v) is 2.87. The first-order chi connectivity index (χ1) is 10.9. The molecule has 0 unspecified atom stereocenters. The van der Waals surface area contributed by atoms with Crippen molar-refractivity contribution in [1.82, 2.24) is 10.2 Å². The molecule has 0 aromatic carbocycles. The molecule has 5 nitrogen and oxygen atoms in total. The standard InChI is InChI=1S/C18H35N3O2.HI/c1-6-19-17(20-12-8-7-11-18(2,3)4)21-13-9-15(10-14-21)16(22)23-5;/h15H,6-14H2,1-5H3,(H,19,20);1H. The first-order valence-corrected chi connectivity index (χ1v) is 8.98. The zero-order chi connectivity index (χ0) is 17.3. The number of carbonyl (C=O) groups excluding carboxylic acids is 1. The van der Waals surface area contributed by atoms with Crippen molar-refractivity contribution in [3.8, 4) is 0 Å². The van der Waals surface area contributed by atoms with Gasteiger partial charge in [0.2, 0.25) is 0 Å². The number of methoxy groups -OCH3 is 1. The summed E-state index contributed by atoms with van der Waals surface area (Å²) in [6, 6.07) is 0. The largest absolute Gasteiger partial charge is 0.469 e. The number of rotatable bonds is 6. The highest BCUT2D eigenvalue weighted by Crippen LogP contribution is 2.21. The molecule has 0 amide bonds. The van der Waals surface area contributed by atoms with Gasteiger partial charge in [0.15, 0.2) is 5.96 Å². The second-order valence-corrected chi connectivity index (χ2v) is 7.54. The van der Waals surface area contributed by atoms with E-state index in [2.05, 4.69) is 37.9 Å². The normalized spacial score (nSPS) is 16.5. The summed E-state index contributed by atoms with van der Waals surface area (Å²) in [4.78, 5) is 18.6. The van der Waals surface area contributed by atoms with Gasteiger partial charge in [-0.3, -0.25) is 9.79 Å². The minimum Gasteiger partial charge on any atom is -0.469 e. The number of unbranched alkanes of at least 4 members (excludes halogenated alkanes) is 1. The Bertz CT molecular complexity index is 386. The predicted octanol–water partition coefficient (Wildman–Crippen LogP) is 3.67. The van der Waals surface area contributed by atoms with Gasteiger partial charge in [-0.15, -0.1) is 24.0 Å². The molecule has 0 aromatic rings. The SMILES string of the molecule is CCNC(=NCCCCC(C)(C)C)N1CCC(C(=O)OC)CC1.I. The van der Waals surface area contributed by atoms with Crippen molar-refractivity contribution in [2.24, 2.45) is 16.3 Å². The van der Waals surface area contributed by atoms with Gasteiger partial charge in [0.1, 0.15) is 0 Å². The summed E-state index contributed by atoms with van der Waals surface area (Å²) < 4.78 is 4.85. The van der Waals surface area contributed by atoms with Crippen LogP contribution in [0.15, 0.2) is 4.99 Å². The Kier molecular flexibility index (Phi) is 11.7. The Balaban J connectivity index is 0.00000529. The Morgan fingerprint density at radius 1 is 1.25 bits per heavy atom. The Labute approximate surface area is 165 Å². The quantitative estimate of drug-likeness (QED) is 0.219. The molecule has 1 fully saturated rings. The number of ether oxygens (including phenoxy) is 1. The number of likely N-dealkylation sites (tertiary alicyclic amines) is 1. The average Bonchev–Trinajstić information content (AvgIpc) is 2.52. The Hall–Kier alpha value is -0.530. The topological polar surface area (TPSA) is 53.9 Å². The average molecular weight is 453 g/mol. The molecule has 6 heteroatoms. The van der Waals surface area contributed by atoms with Crippen molar-refractivity contribution in [2.75, 3.05) is 33.3 Å². The second kappa shape index (κ2) is 11.9. The van der Waals surface area contributed by atoms with Crippen LogP contribution in [0.5, 0.6) is 0 Å². The maximum absolute atomic E-state index is 11.6. The zero-order valence-corrected chi connectivity index (χ0v) is 18.4. The number of piperidine rings is 1. The van der Waals surface area contributed by atoms with E-state index in [1.807, 2.05) is 0 Å². The lowest BCUT2D eigenvalue weighted by molar-refractivity contribution is -0.146. The van der Waals surface area contributed by atoms with Crippen LogP contribution < -0.4 is 5.32 Å². The van der Waals surface area contributed by atoms with Gasteiger partial charge < -0.3 is 15.0 Å². The van der Waals surface area contributed by atoms with E-state index in [9.17, 15) is 4.79 Å². The summed E-state index contributed by atoms with van der Waals surface area (Å²) >= 11 is 0. The van der Waals surface area contributed by atoms with Crippen molar-refractivity contribution in [3.63, 3.8) is 0 Å². The second-order valence-electron chi connectivity index (χ2n) is 7.54. The minimum atomic E-state index is -0.0752. The van der Waals surface area contributed by atoms with Crippen LogP contribution in [-0.2, 0) is 9.53 Å². The Morgan fingerprint density at radius 2 is 1.88 bits per heavy atom. The molecular weight excluding hydrogens is 417 g/mol. The number of esters is 1. The highest BCUT2D eigenvalue weighted by molar-refractivity contribution is 14.0. The summed E-state index contributed by atoms with van der Waals surface area (Å²) in [5.41, 5.74) is 0.407. The van der Waals surface area contributed by atoms with Gasteiger partial charge >= 0.3 is 5.97 Å². The predicted molar refractivity (Wildman–Crippen MR) is 111 cm³/mol. The fraction of sp³-hybridized carbons (Fsp3) is 0.889. The number of nitrogens with one attached hydrogen (secondary N) is 1. The van der Waals surface area contributed by atoms with Crippen LogP contribution in [0.1, 0.15) is 59.8 Å². The molecule has 1 heterocycles. The monoisotopic (exact) mass is 453 g/mol. The van der Waals surface area contributed by atoms with Crippen molar-refractivity contribution in [1.29, 1.82) is 0 Å². The summed E-state index contributed by atoms with van der Waals surface area (Å²) in [5.74, 6) is 0.964. The van der Waals surface area contributed by atoms with E-state index >= 15 is 0 Å². The van der Waals surface area contributed by atoms with Gasteiger partial charge in [-0.2, -0.15) is 0 Å². The number of guanidine groups is 1. The number of hydrogen-bond acceptors (Lipinski definition) is 3. The van der Waals surface area contributed by atoms with Gasteiger partial charge in [-0.05, 0) is 38.0 Å². The molecule has 1 saturated heterocycles. The van der Waals surface area contributed by atoms with E-state index in [1.165, 1.54) is 20.0 Å². The summed E-state index contributed by atoms with van der Waals surface area (Å²) in [6.45, 7) is 12.4. The highest BCUT2D eigenvalue weighted by Gasteiger charge is 2.26. The van der Waals surface area contributed by atoms with E-state index in [4.69, 9.17) is 9.73 Å². The first-order valence-electron chi connectivity index (χ1n) is 8.98. The molecule has 1 aliphatic heterocycles. The number of carbonyl (C=O) groups is 1. The highest BCUT2D eigenvalue weighted by atomic mass is 127. The van der Waals surface area contributed by atoms with E-state index in [-0.39, 0.29) is 35.9 Å². The fourth-order valence-electron chi connectivity index (χ4n) is 2.87. The van der Waals surface area contributed by atoms with Crippen molar-refractivity contribution in [2.45, 2.75) is 59.8 Å². The van der Waals surface area contributed by atoms with Gasteiger partial charge in [-0.25, -0.2) is 0 Å². The van der Waals surface area contributed by atoms with E-state index < -0.39 is 0 Å². The molecule has 24 heavy (non-hydrogen) atoms. The van der Waals surface area contributed by atoms with E-state index in [0.29, 0.717) is 5.41 Å². The molecule has 0 spiro atoms. The molecule has 1 aliphatic rings. The van der Waals surface area contributed by atoms with Gasteiger partial charge in [0.05, 0.1) is 13.0 Å². The summed E-state index contributed by atoms with van der Waals surface area (Å²) in [7, 11) is 1.47. The number of aliphatic imine (C=N–C) groups is 1. The van der Waals surface area contributed by atoms with Crippen molar-refractivity contribution in [3.05, 3.63) is 0 Å². The molecule has 0 atom stereocenters. The maximum Gasteiger partial charge on any atom is 0.308 e. The molecule has 142 valence electrons. The number of halogens is 1. The maximum atomic E-state index is 11.6. The van der Waals surface area contributed by atoms with Crippen LogP contribution in [0.4, 0.5) is 0 Å². The van der Waals surface area contributed by atoms with Crippen LogP contribution in [0.2, 0.25) is 0 Å². The van der Waals surface area contributed by atoms with Crippen LogP contribution >= 0.6 is 24.0 Å². The molecule has 0 aliphatic carbocycles.